The monoisotopic (exact) mass is 352 g/mol. The Morgan fingerprint density at radius 3 is 2.58 bits per heavy atom. The van der Waals surface area contributed by atoms with E-state index in [0.717, 1.165) is 11.3 Å². The second kappa shape index (κ2) is 7.43. The van der Waals surface area contributed by atoms with Crippen molar-refractivity contribution in [3.8, 4) is 11.4 Å². The van der Waals surface area contributed by atoms with Gasteiger partial charge in [-0.3, -0.25) is 9.59 Å². The average molecular weight is 352 g/mol. The topological polar surface area (TPSA) is 125 Å². The normalized spacial score (nSPS) is 10.3. The molecular formula is C17H16N6O3. The number of amides is 2. The lowest BCUT2D eigenvalue weighted by atomic mass is 10.2. The number of aromatic nitrogens is 4. The molecule has 0 aliphatic heterocycles. The van der Waals surface area contributed by atoms with Crippen LogP contribution in [0.2, 0.25) is 0 Å². The summed E-state index contributed by atoms with van der Waals surface area (Å²) in [5, 5.41) is 13.8. The number of hydrogen-bond acceptors (Lipinski definition) is 6. The van der Waals surface area contributed by atoms with Crippen LogP contribution in [0.25, 0.3) is 5.69 Å². The standard InChI is InChI=1S/C17H16N6O3/c1-11-8-13(4-7-15(11)23-10-19-21-22-23)20-16(24)9-26-14-5-2-12(3-6-14)17(18)25/h2-8,10H,9H2,1H3,(H2,18,25)(H,20,24). The summed E-state index contributed by atoms with van der Waals surface area (Å²) in [7, 11) is 0. The van der Waals surface area contributed by atoms with E-state index in [4.69, 9.17) is 10.5 Å². The number of primary amides is 1. The number of anilines is 1. The largest absolute Gasteiger partial charge is 0.484 e. The van der Waals surface area contributed by atoms with Crippen LogP contribution >= 0.6 is 0 Å². The Labute approximate surface area is 148 Å². The van der Waals surface area contributed by atoms with Crippen molar-refractivity contribution >= 4 is 17.5 Å². The lowest BCUT2D eigenvalue weighted by Crippen LogP contribution is -2.20. The van der Waals surface area contributed by atoms with Crippen molar-refractivity contribution in [3.05, 3.63) is 59.9 Å². The van der Waals surface area contributed by atoms with Crippen LogP contribution < -0.4 is 15.8 Å². The van der Waals surface area contributed by atoms with Crippen molar-refractivity contribution in [1.29, 1.82) is 0 Å². The lowest BCUT2D eigenvalue weighted by Gasteiger charge is -2.10. The molecule has 3 aromatic rings. The Bertz CT molecular complexity index is 922. The summed E-state index contributed by atoms with van der Waals surface area (Å²) in [5.41, 5.74) is 7.90. The fourth-order valence-electron chi connectivity index (χ4n) is 2.32. The average Bonchev–Trinajstić information content (AvgIpc) is 3.15. The molecule has 132 valence electrons. The van der Waals surface area contributed by atoms with Gasteiger partial charge in [-0.05, 0) is 65.4 Å². The highest BCUT2D eigenvalue weighted by Crippen LogP contribution is 2.18. The maximum Gasteiger partial charge on any atom is 0.262 e. The quantitative estimate of drug-likeness (QED) is 0.684. The Morgan fingerprint density at radius 1 is 1.19 bits per heavy atom. The Hall–Kier alpha value is -3.75. The number of rotatable bonds is 6. The van der Waals surface area contributed by atoms with Gasteiger partial charge in [0.15, 0.2) is 6.61 Å². The van der Waals surface area contributed by atoms with Crippen LogP contribution in [-0.2, 0) is 4.79 Å². The molecule has 3 N–H and O–H groups in total. The molecule has 0 radical (unpaired) electrons. The molecule has 2 amide bonds. The number of carbonyl (C=O) groups is 2. The van der Waals surface area contributed by atoms with Gasteiger partial charge >= 0.3 is 0 Å². The van der Waals surface area contributed by atoms with Gasteiger partial charge in [0.1, 0.15) is 12.1 Å². The second-order valence-corrected chi connectivity index (χ2v) is 5.48. The van der Waals surface area contributed by atoms with E-state index in [1.807, 2.05) is 19.1 Å². The predicted octanol–water partition coefficient (Wildman–Crippen LogP) is 1.09. The molecule has 3 rings (SSSR count). The Kier molecular flexibility index (Phi) is 4.88. The third kappa shape index (κ3) is 4.01. The molecule has 26 heavy (non-hydrogen) atoms. The van der Waals surface area contributed by atoms with Crippen molar-refractivity contribution in [3.63, 3.8) is 0 Å². The molecule has 0 atom stereocenters. The third-order valence-electron chi connectivity index (χ3n) is 3.59. The number of tetrazole rings is 1. The highest BCUT2D eigenvalue weighted by molar-refractivity contribution is 5.93. The van der Waals surface area contributed by atoms with Crippen LogP contribution in [0.15, 0.2) is 48.8 Å². The zero-order valence-electron chi connectivity index (χ0n) is 13.9. The zero-order valence-corrected chi connectivity index (χ0v) is 13.9. The first-order valence-electron chi connectivity index (χ1n) is 7.69. The van der Waals surface area contributed by atoms with Gasteiger partial charge in [0.2, 0.25) is 5.91 Å². The molecule has 0 spiro atoms. The third-order valence-corrected chi connectivity index (χ3v) is 3.59. The first-order valence-corrected chi connectivity index (χ1v) is 7.69. The summed E-state index contributed by atoms with van der Waals surface area (Å²) in [6.07, 6.45) is 1.50. The van der Waals surface area contributed by atoms with Crippen LogP contribution in [0.5, 0.6) is 5.75 Å². The molecule has 0 aliphatic carbocycles. The molecule has 9 heteroatoms. The maximum atomic E-state index is 12.0. The van der Waals surface area contributed by atoms with E-state index < -0.39 is 5.91 Å². The molecule has 1 aromatic heterocycles. The fraction of sp³-hybridized carbons (Fsp3) is 0.118. The van der Waals surface area contributed by atoms with E-state index in [1.165, 1.54) is 18.5 Å². The predicted molar refractivity (Wildman–Crippen MR) is 93.0 cm³/mol. The summed E-state index contributed by atoms with van der Waals surface area (Å²) in [6.45, 7) is 1.73. The zero-order chi connectivity index (χ0) is 18.5. The van der Waals surface area contributed by atoms with Gasteiger partial charge in [-0.1, -0.05) is 0 Å². The first-order chi connectivity index (χ1) is 12.5. The Morgan fingerprint density at radius 2 is 1.96 bits per heavy atom. The molecule has 0 unspecified atom stereocenters. The summed E-state index contributed by atoms with van der Waals surface area (Å²) >= 11 is 0. The number of ether oxygens (including phenoxy) is 1. The van der Waals surface area contributed by atoms with Crippen LogP contribution in [-0.4, -0.2) is 38.6 Å². The molecule has 1 heterocycles. The highest BCUT2D eigenvalue weighted by Gasteiger charge is 2.08. The van der Waals surface area contributed by atoms with Gasteiger partial charge in [-0.25, -0.2) is 4.68 Å². The summed E-state index contributed by atoms with van der Waals surface area (Å²) < 4.78 is 6.93. The lowest BCUT2D eigenvalue weighted by molar-refractivity contribution is -0.118. The van der Waals surface area contributed by atoms with Gasteiger partial charge in [-0.15, -0.1) is 5.10 Å². The molecule has 2 aromatic carbocycles. The van der Waals surface area contributed by atoms with Crippen molar-refractivity contribution in [2.45, 2.75) is 6.92 Å². The van der Waals surface area contributed by atoms with Crippen molar-refractivity contribution in [2.75, 3.05) is 11.9 Å². The van der Waals surface area contributed by atoms with Gasteiger partial charge < -0.3 is 15.8 Å². The van der Waals surface area contributed by atoms with E-state index >= 15 is 0 Å². The second-order valence-electron chi connectivity index (χ2n) is 5.48. The van der Waals surface area contributed by atoms with Crippen molar-refractivity contribution in [2.24, 2.45) is 5.73 Å². The van der Waals surface area contributed by atoms with Crippen LogP contribution in [0.4, 0.5) is 5.69 Å². The number of benzene rings is 2. The molecule has 0 fully saturated rings. The minimum absolute atomic E-state index is 0.163. The number of nitrogens with two attached hydrogens (primary N) is 1. The van der Waals surface area contributed by atoms with Gasteiger partial charge in [0, 0.05) is 11.3 Å². The molecule has 0 saturated carbocycles. The van der Waals surface area contributed by atoms with E-state index in [1.54, 1.807) is 22.9 Å². The smallest absolute Gasteiger partial charge is 0.262 e. The summed E-state index contributed by atoms with van der Waals surface area (Å²) in [4.78, 5) is 23.1. The van der Waals surface area contributed by atoms with Crippen LogP contribution in [0, 0.1) is 6.92 Å². The number of nitrogens with one attached hydrogen (secondary N) is 1. The van der Waals surface area contributed by atoms with E-state index in [-0.39, 0.29) is 12.5 Å². The molecule has 0 bridgehead atoms. The number of hydrogen-bond donors (Lipinski definition) is 2. The fourth-order valence-corrected chi connectivity index (χ4v) is 2.32. The van der Waals surface area contributed by atoms with Gasteiger partial charge in [0.05, 0.1) is 5.69 Å². The number of aryl methyl sites for hydroxylation is 1. The highest BCUT2D eigenvalue weighted by atomic mass is 16.5. The van der Waals surface area contributed by atoms with Gasteiger partial charge in [0.25, 0.3) is 5.91 Å². The van der Waals surface area contributed by atoms with Gasteiger partial charge in [-0.2, -0.15) is 0 Å². The number of carbonyl (C=O) groups excluding carboxylic acids is 2. The maximum absolute atomic E-state index is 12.0. The first kappa shape index (κ1) is 17.1. The SMILES string of the molecule is Cc1cc(NC(=O)COc2ccc(C(N)=O)cc2)ccc1-n1cnnn1. The summed E-state index contributed by atoms with van der Waals surface area (Å²) in [6, 6.07) is 11.6. The minimum Gasteiger partial charge on any atom is -0.484 e. The van der Waals surface area contributed by atoms with Crippen LogP contribution in [0.3, 0.4) is 0 Å². The van der Waals surface area contributed by atoms with E-state index in [2.05, 4.69) is 20.8 Å². The summed E-state index contributed by atoms with van der Waals surface area (Å²) in [5.74, 6) is -0.358. The molecule has 0 saturated heterocycles. The molecule has 0 aliphatic rings. The van der Waals surface area contributed by atoms with E-state index in [9.17, 15) is 9.59 Å². The number of nitrogens with zero attached hydrogens (tertiary/aromatic N) is 4. The Balaban J connectivity index is 1.58. The van der Waals surface area contributed by atoms with E-state index in [0.29, 0.717) is 17.0 Å². The van der Waals surface area contributed by atoms with Crippen molar-refractivity contribution < 1.29 is 14.3 Å². The molecular weight excluding hydrogens is 336 g/mol. The van der Waals surface area contributed by atoms with Crippen molar-refractivity contribution in [1.82, 2.24) is 20.2 Å². The minimum atomic E-state index is -0.519. The molecule has 9 nitrogen and oxygen atoms in total. The van der Waals surface area contributed by atoms with Crippen LogP contribution in [0.1, 0.15) is 15.9 Å².